The van der Waals surface area contributed by atoms with E-state index in [1.165, 1.54) is 39.5 Å². The molecule has 0 spiro atoms. The van der Waals surface area contributed by atoms with Crippen LogP contribution in [0.15, 0.2) is 48.3 Å². The first-order chi connectivity index (χ1) is 36.4. The van der Waals surface area contributed by atoms with Gasteiger partial charge in [0.2, 0.25) is 0 Å². The summed E-state index contributed by atoms with van der Waals surface area (Å²) in [6.45, 7) is 16.8. The van der Waals surface area contributed by atoms with E-state index < -0.39 is 11.2 Å². The van der Waals surface area contributed by atoms with E-state index in [1.54, 1.807) is 0 Å². The van der Waals surface area contributed by atoms with Crippen molar-refractivity contribution in [3.05, 3.63) is 54.7 Å². The van der Waals surface area contributed by atoms with E-state index in [4.69, 9.17) is 28.7 Å². The van der Waals surface area contributed by atoms with E-state index in [2.05, 4.69) is 97.0 Å². The fraction of sp³-hybridized carbons (Fsp3) is 0.696. The van der Waals surface area contributed by atoms with Gasteiger partial charge < -0.3 is 44.4 Å². The van der Waals surface area contributed by atoms with Gasteiger partial charge in [0.25, 0.3) is 0 Å². The van der Waals surface area contributed by atoms with Gasteiger partial charge in [0.15, 0.2) is 17.2 Å². The van der Waals surface area contributed by atoms with Crippen LogP contribution in [0.1, 0.15) is 184 Å². The molecule has 9 saturated carbocycles. The van der Waals surface area contributed by atoms with E-state index in [1.807, 2.05) is 18.2 Å². The molecule has 0 bridgehead atoms. The summed E-state index contributed by atoms with van der Waals surface area (Å²) in [5.41, 5.74) is -1.57. The number of rotatable bonds is 2. The van der Waals surface area contributed by atoms with Gasteiger partial charge in [-0.05, 0) is 221 Å². The van der Waals surface area contributed by atoms with Gasteiger partial charge >= 0.3 is 35.0 Å². The molecule has 1 N–H and O–H groups in total. The minimum atomic E-state index is -0.918. The zero-order valence-electron chi connectivity index (χ0n) is 48.9. The fourth-order valence-corrected chi connectivity index (χ4v) is 20.7. The Morgan fingerprint density at radius 2 is 1.05 bits per heavy atom. The Kier molecular flexibility index (Phi) is 19.5. The van der Waals surface area contributed by atoms with Gasteiger partial charge in [0, 0.05) is 49.4 Å². The summed E-state index contributed by atoms with van der Waals surface area (Å²) in [7, 11) is 0. The zero-order chi connectivity index (χ0) is 56.3. The van der Waals surface area contributed by atoms with Crippen LogP contribution in [0.5, 0.6) is 0 Å². The summed E-state index contributed by atoms with van der Waals surface area (Å²) in [6.07, 6.45) is 63.7. The van der Waals surface area contributed by atoms with E-state index in [0.717, 1.165) is 103 Å². The van der Waals surface area contributed by atoms with Crippen LogP contribution < -0.4 is 17.0 Å². The van der Waals surface area contributed by atoms with Crippen LogP contribution in [-0.2, 0) is 33.4 Å². The minimum absolute atomic E-state index is 0. The Balaban J connectivity index is 0.000000185. The largest absolute Gasteiger partial charge is 2.00 e. The van der Waals surface area contributed by atoms with Gasteiger partial charge in [0.05, 0.1) is 0 Å². The molecule has 12 aliphatic rings. The van der Waals surface area contributed by atoms with E-state index in [9.17, 15) is 29.1 Å². The average Bonchev–Trinajstić information content (AvgIpc) is 4.22. The Morgan fingerprint density at radius 3 is 1.58 bits per heavy atom. The number of terminal acetylenes is 4. The maximum atomic E-state index is 12.4. The molecule has 12 aliphatic carbocycles. The van der Waals surface area contributed by atoms with Crippen molar-refractivity contribution in [1.29, 1.82) is 0 Å². The molecule has 0 aromatic rings. The summed E-state index contributed by atoms with van der Waals surface area (Å²) in [4.78, 5) is 59.1. The quantitative estimate of drug-likeness (QED) is 0.126. The Bertz CT molecular complexity index is 2620. The van der Waals surface area contributed by atoms with Crippen molar-refractivity contribution < 1.29 is 55.5 Å². The standard InChI is InChI=1S/C25H32O4.C21H28O2.C19H26O2.C2H2.C2H.BrH.Mg/c1-6-25(29-17(3)27)14-11-22-20-8-7-18-15-19(28-16(2)26)9-12-23(18,4)21(20)10-13-24(22,25)5;1-4-21(23)12-9-18-16-6-5-14-13-15(22)7-10-19(14,2)17(16)8-11-20(18,21)3;1-18-9-7-13(20)11-12(18)3-4-14-15-5-6-17(21)19(15,2)10-8-16(14)18;2*1-2;;/h1,9,12,15,18,20-22H,7-8,10-11,13-14H2,2-5H3;1,7,10,14,16-18,23H,5-6,8-9,11-13H2,2-3H3;7,9,12,14-16H,3-6,8,10-11H2,1-2H3;1-2H;1H;1H;/q;;;;-1;;+2/p-1/t18?,20?,21?,22?,23-,24-,25-;14?,16?,17?,18?,19-,20-,21-;12?,14?,15?,16?,18-,19-;;;;/m000..../s1. The number of aliphatic hydroxyl groups is 1. The van der Waals surface area contributed by atoms with Crippen molar-refractivity contribution >= 4 is 52.3 Å². The number of allylic oxidation sites excluding steroid dienone is 7. The minimum Gasteiger partial charge on any atom is -1.00 e. The van der Waals surface area contributed by atoms with Gasteiger partial charge in [-0.25, -0.2) is 0 Å². The van der Waals surface area contributed by atoms with Crippen molar-refractivity contribution in [3.63, 3.8) is 0 Å². The number of esters is 2. The molecule has 12 rings (SSSR count). The number of hydrogen-bond acceptors (Lipinski definition) is 8. The number of carbonyl (C=O) groups is 5. The summed E-state index contributed by atoms with van der Waals surface area (Å²) in [6, 6.07) is 0. The van der Waals surface area contributed by atoms with Crippen LogP contribution in [0.4, 0.5) is 0 Å². The zero-order valence-corrected chi connectivity index (χ0v) is 51.9. The number of hydrogen-bond donors (Lipinski definition) is 1. The van der Waals surface area contributed by atoms with Gasteiger partial charge in [-0.1, -0.05) is 71.6 Å². The van der Waals surface area contributed by atoms with Crippen molar-refractivity contribution in [3.8, 4) is 44.0 Å². The normalized spacial score (nSPS) is 46.5. The molecule has 8 nitrogen and oxygen atoms in total. The average molecular weight is 1150 g/mol. The third kappa shape index (κ3) is 10.4. The SMILES string of the molecule is C#C.C#C[C@]1(O)CCC2C3CCC4CC(=O)C=C[C@]4(C)C3CC[C@@]21C.C#C[C@]1(OC(C)=O)CCC2C3CCC4C=C(OC(C)=O)C=C[C@]4(C)C3CC[C@@]21C.C[C@]12C=CC(=O)CC1CCC1C2CC[C@]2(C)C(=O)CCC12.[Br-].[C-]#C.[Mg+2]. The number of carbonyl (C=O) groups excluding carboxylic acids is 5. The van der Waals surface area contributed by atoms with Gasteiger partial charge in [-0.3, -0.25) is 24.0 Å². The first-order valence-electron chi connectivity index (χ1n) is 29.5. The van der Waals surface area contributed by atoms with Crippen LogP contribution in [0.25, 0.3) is 0 Å². The predicted molar refractivity (Wildman–Crippen MR) is 306 cm³/mol. The van der Waals surface area contributed by atoms with Crippen LogP contribution >= 0.6 is 0 Å². The van der Waals surface area contributed by atoms with Crippen LogP contribution in [-0.4, -0.2) is 68.6 Å². The Labute approximate surface area is 501 Å². The van der Waals surface area contributed by atoms with Crippen molar-refractivity contribution in [2.24, 2.45) is 104 Å². The van der Waals surface area contributed by atoms with E-state index in [0.29, 0.717) is 94.1 Å². The van der Waals surface area contributed by atoms with Crippen molar-refractivity contribution in [1.82, 2.24) is 0 Å². The molecule has 79 heavy (non-hydrogen) atoms. The van der Waals surface area contributed by atoms with Crippen LogP contribution in [0, 0.1) is 154 Å². The molecule has 0 saturated heterocycles. The summed E-state index contributed by atoms with van der Waals surface area (Å²) >= 11 is 0. The third-order valence-electron chi connectivity index (χ3n) is 24.9. The molecular weight excluding hydrogens is 1060 g/mol. The second kappa shape index (κ2) is 23.9. The molecule has 10 heteroatoms. The molecule has 12 unspecified atom stereocenters. The van der Waals surface area contributed by atoms with Gasteiger partial charge in [-0.2, -0.15) is 0 Å². The molecule has 422 valence electrons. The molecule has 0 aromatic heterocycles. The summed E-state index contributed by atoms with van der Waals surface area (Å²) in [5, 5.41) is 11.0. The molecule has 20 atom stereocenters. The van der Waals surface area contributed by atoms with E-state index in [-0.39, 0.29) is 84.5 Å². The second-order valence-corrected chi connectivity index (χ2v) is 27.4. The monoisotopic (exact) mass is 1150 g/mol. The maximum absolute atomic E-state index is 12.4. The Hall–Kier alpha value is -3.64. The number of Topliss-reactive ketones (excluding diaryl/α,β-unsaturated/α-hetero) is 1. The predicted octanol–water partition coefficient (Wildman–Crippen LogP) is 9.56. The maximum Gasteiger partial charge on any atom is 2.00 e. The fourth-order valence-electron chi connectivity index (χ4n) is 20.7. The summed E-state index contributed by atoms with van der Waals surface area (Å²) in [5.74, 6) is 13.8. The molecule has 0 radical (unpaired) electrons. The van der Waals surface area contributed by atoms with Gasteiger partial charge in [0.1, 0.15) is 17.1 Å². The number of ketones is 3. The smallest absolute Gasteiger partial charge is 1.00 e. The molecule has 9 fully saturated rings. The topological polar surface area (TPSA) is 124 Å². The van der Waals surface area contributed by atoms with Crippen molar-refractivity contribution in [2.45, 2.75) is 195 Å². The summed E-state index contributed by atoms with van der Waals surface area (Å²) < 4.78 is 11.2. The van der Waals surface area contributed by atoms with Gasteiger partial charge in [-0.15, -0.1) is 25.7 Å². The molecule has 0 aromatic carbocycles. The first-order valence-corrected chi connectivity index (χ1v) is 29.5. The molecule has 0 aliphatic heterocycles. The Morgan fingerprint density at radius 1 is 0.582 bits per heavy atom. The second-order valence-electron chi connectivity index (χ2n) is 27.4. The third-order valence-corrected chi connectivity index (χ3v) is 24.9. The number of ether oxygens (including phenoxy) is 2. The number of halogens is 1. The molecule has 0 heterocycles. The first kappa shape index (κ1) is 64.5. The van der Waals surface area contributed by atoms with E-state index >= 15 is 0 Å². The number of fused-ring (bicyclic) bond motifs is 15. The molecular formula is C69H89BrMgO8. The van der Waals surface area contributed by atoms with Crippen LogP contribution in [0.2, 0.25) is 0 Å². The van der Waals surface area contributed by atoms with Crippen LogP contribution in [0.3, 0.4) is 0 Å². The molecule has 0 amide bonds. The van der Waals surface area contributed by atoms with Crippen molar-refractivity contribution in [2.75, 3.05) is 0 Å².